The summed E-state index contributed by atoms with van der Waals surface area (Å²) in [6.45, 7) is 2.08. The first kappa shape index (κ1) is 19.6. The number of nitrogens with zero attached hydrogens (tertiary/aromatic N) is 1. The van der Waals surface area contributed by atoms with Crippen molar-refractivity contribution >= 4 is 23.9 Å². The summed E-state index contributed by atoms with van der Waals surface area (Å²) in [5, 5.41) is 11.2. The lowest BCUT2D eigenvalue weighted by Gasteiger charge is -2.31. The number of carboxylic acid groups (broad SMARTS) is 1. The molecular formula is C18H20F2N2O4. The maximum Gasteiger partial charge on any atom is 0.325 e. The van der Waals surface area contributed by atoms with Gasteiger partial charge in [-0.3, -0.25) is 14.4 Å². The number of carboxylic acids is 1. The minimum absolute atomic E-state index is 0.243. The summed E-state index contributed by atoms with van der Waals surface area (Å²) in [6.07, 6.45) is 3.42. The summed E-state index contributed by atoms with van der Waals surface area (Å²) in [5.41, 5.74) is 0.243. The predicted octanol–water partition coefficient (Wildman–Crippen LogP) is 1.81. The highest BCUT2D eigenvalue weighted by Crippen LogP contribution is 2.18. The Hall–Kier alpha value is -2.77. The molecule has 140 valence electrons. The Morgan fingerprint density at radius 3 is 2.31 bits per heavy atom. The fourth-order valence-electron chi connectivity index (χ4n) is 2.70. The Morgan fingerprint density at radius 1 is 1.19 bits per heavy atom. The van der Waals surface area contributed by atoms with Gasteiger partial charge in [-0.05, 0) is 43.5 Å². The van der Waals surface area contributed by atoms with E-state index in [1.807, 2.05) is 0 Å². The Bertz CT molecular complexity index is 708. The molecule has 2 amide bonds. The van der Waals surface area contributed by atoms with E-state index in [-0.39, 0.29) is 23.3 Å². The summed E-state index contributed by atoms with van der Waals surface area (Å²) < 4.78 is 26.2. The largest absolute Gasteiger partial charge is 0.480 e. The van der Waals surface area contributed by atoms with E-state index in [1.165, 1.54) is 24.0 Å². The van der Waals surface area contributed by atoms with E-state index in [2.05, 4.69) is 5.32 Å². The number of carbonyl (C=O) groups is 3. The van der Waals surface area contributed by atoms with Crippen molar-refractivity contribution in [3.05, 3.63) is 41.5 Å². The van der Waals surface area contributed by atoms with Gasteiger partial charge in [0.15, 0.2) is 0 Å². The molecule has 1 aromatic rings. The van der Waals surface area contributed by atoms with Crippen LogP contribution in [0.1, 0.15) is 25.3 Å². The molecule has 1 atom stereocenters. The van der Waals surface area contributed by atoms with Crippen LogP contribution in [0.25, 0.3) is 6.08 Å². The molecule has 1 unspecified atom stereocenters. The van der Waals surface area contributed by atoms with E-state index in [0.717, 1.165) is 18.2 Å². The van der Waals surface area contributed by atoms with Crippen LogP contribution in [0.2, 0.25) is 0 Å². The van der Waals surface area contributed by atoms with Gasteiger partial charge in [-0.2, -0.15) is 0 Å². The number of hydrogen-bond acceptors (Lipinski definition) is 3. The second-order valence-electron chi connectivity index (χ2n) is 6.20. The van der Waals surface area contributed by atoms with E-state index < -0.39 is 23.6 Å². The van der Waals surface area contributed by atoms with Crippen LogP contribution in [0.5, 0.6) is 0 Å². The number of aliphatic carboxylic acids is 1. The first-order valence-corrected chi connectivity index (χ1v) is 8.22. The standard InChI is InChI=1S/C18H20F2N2O4/c1-11(18(25)26)21-17(24)13-4-6-22(7-5-13)16(23)3-2-12-8-14(19)10-15(20)9-12/h2-3,8-11,13H,4-7H2,1H3,(H,21,24)(H,25,26). The van der Waals surface area contributed by atoms with Crippen molar-refractivity contribution in [3.63, 3.8) is 0 Å². The van der Waals surface area contributed by atoms with Crippen molar-refractivity contribution in [2.45, 2.75) is 25.8 Å². The Morgan fingerprint density at radius 2 is 1.77 bits per heavy atom. The summed E-state index contributed by atoms with van der Waals surface area (Å²) in [7, 11) is 0. The van der Waals surface area contributed by atoms with Crippen LogP contribution in [0, 0.1) is 17.6 Å². The van der Waals surface area contributed by atoms with Crippen LogP contribution in [-0.2, 0) is 14.4 Å². The van der Waals surface area contributed by atoms with Crippen LogP contribution in [-0.4, -0.2) is 46.9 Å². The van der Waals surface area contributed by atoms with Gasteiger partial charge in [0.2, 0.25) is 11.8 Å². The van der Waals surface area contributed by atoms with E-state index >= 15 is 0 Å². The number of benzene rings is 1. The maximum atomic E-state index is 13.1. The third-order valence-electron chi connectivity index (χ3n) is 4.21. The number of halogens is 2. The minimum atomic E-state index is -1.11. The second kappa shape index (κ2) is 8.55. The molecular weight excluding hydrogens is 346 g/mol. The fraction of sp³-hybridized carbons (Fsp3) is 0.389. The van der Waals surface area contributed by atoms with Crippen molar-refractivity contribution in [3.8, 4) is 0 Å². The molecule has 0 radical (unpaired) electrons. The molecule has 1 saturated heterocycles. The summed E-state index contributed by atoms with van der Waals surface area (Å²) in [6, 6.07) is 2.03. The normalized spacial score (nSPS) is 16.5. The van der Waals surface area contributed by atoms with Crippen molar-refractivity contribution in [1.82, 2.24) is 10.2 Å². The molecule has 6 nitrogen and oxygen atoms in total. The zero-order valence-corrected chi connectivity index (χ0v) is 14.2. The summed E-state index contributed by atoms with van der Waals surface area (Å²) in [4.78, 5) is 36.5. The smallest absolute Gasteiger partial charge is 0.325 e. The number of likely N-dealkylation sites (tertiary alicyclic amines) is 1. The Labute approximate surface area is 149 Å². The van der Waals surface area contributed by atoms with E-state index in [4.69, 9.17) is 5.11 Å². The average Bonchev–Trinajstić information content (AvgIpc) is 2.58. The quantitative estimate of drug-likeness (QED) is 0.778. The number of carbonyl (C=O) groups excluding carboxylic acids is 2. The monoisotopic (exact) mass is 366 g/mol. The van der Waals surface area contributed by atoms with Gasteiger partial charge < -0.3 is 15.3 Å². The summed E-state index contributed by atoms with van der Waals surface area (Å²) in [5.74, 6) is -3.55. The minimum Gasteiger partial charge on any atom is -0.480 e. The molecule has 0 aliphatic carbocycles. The number of rotatable bonds is 5. The number of piperidine rings is 1. The average molecular weight is 366 g/mol. The summed E-state index contributed by atoms with van der Waals surface area (Å²) >= 11 is 0. The topological polar surface area (TPSA) is 86.7 Å². The predicted molar refractivity (Wildman–Crippen MR) is 89.9 cm³/mol. The van der Waals surface area contributed by atoms with Crippen LogP contribution in [0.15, 0.2) is 24.3 Å². The van der Waals surface area contributed by atoms with E-state index in [1.54, 1.807) is 0 Å². The van der Waals surface area contributed by atoms with E-state index in [9.17, 15) is 23.2 Å². The molecule has 1 heterocycles. The lowest BCUT2D eigenvalue weighted by atomic mass is 9.95. The van der Waals surface area contributed by atoms with E-state index in [0.29, 0.717) is 25.9 Å². The van der Waals surface area contributed by atoms with Crippen LogP contribution >= 0.6 is 0 Å². The number of hydrogen-bond donors (Lipinski definition) is 2. The lowest BCUT2D eigenvalue weighted by molar-refractivity contribution is -0.142. The van der Waals surface area contributed by atoms with Gasteiger partial charge >= 0.3 is 5.97 Å². The number of amides is 2. The highest BCUT2D eigenvalue weighted by atomic mass is 19.1. The third-order valence-corrected chi connectivity index (χ3v) is 4.21. The molecule has 1 aliphatic heterocycles. The number of nitrogens with one attached hydrogen (secondary N) is 1. The van der Waals surface area contributed by atoms with Gasteiger partial charge in [-0.15, -0.1) is 0 Å². The first-order chi connectivity index (χ1) is 12.3. The molecule has 1 aromatic carbocycles. The fourth-order valence-corrected chi connectivity index (χ4v) is 2.70. The van der Waals surface area contributed by atoms with Crippen molar-refractivity contribution in [1.29, 1.82) is 0 Å². The molecule has 1 aliphatic rings. The molecule has 0 saturated carbocycles. The molecule has 1 fully saturated rings. The van der Waals surface area contributed by atoms with Gasteiger partial charge in [0.1, 0.15) is 17.7 Å². The molecule has 2 rings (SSSR count). The zero-order valence-electron chi connectivity index (χ0n) is 14.2. The SMILES string of the molecule is CC(NC(=O)C1CCN(C(=O)C=Cc2cc(F)cc(F)c2)CC1)C(=O)O. The molecule has 8 heteroatoms. The Kier molecular flexibility index (Phi) is 6.43. The van der Waals surface area contributed by atoms with Gasteiger partial charge in [0, 0.05) is 31.1 Å². The Balaban J connectivity index is 1.87. The molecule has 2 N–H and O–H groups in total. The third kappa shape index (κ3) is 5.37. The molecule has 0 spiro atoms. The van der Waals surface area contributed by atoms with Crippen LogP contribution in [0.3, 0.4) is 0 Å². The van der Waals surface area contributed by atoms with Crippen LogP contribution in [0.4, 0.5) is 8.78 Å². The van der Waals surface area contributed by atoms with Crippen molar-refractivity contribution in [2.24, 2.45) is 5.92 Å². The van der Waals surface area contributed by atoms with Gasteiger partial charge in [0.25, 0.3) is 0 Å². The maximum absolute atomic E-state index is 13.1. The van der Waals surface area contributed by atoms with Gasteiger partial charge in [-0.1, -0.05) is 0 Å². The highest BCUT2D eigenvalue weighted by molar-refractivity contribution is 5.92. The zero-order chi connectivity index (χ0) is 19.3. The van der Waals surface area contributed by atoms with Crippen LogP contribution < -0.4 is 5.32 Å². The molecule has 0 aromatic heterocycles. The highest BCUT2D eigenvalue weighted by Gasteiger charge is 2.28. The van der Waals surface area contributed by atoms with Gasteiger partial charge in [-0.25, -0.2) is 8.78 Å². The molecule has 0 bridgehead atoms. The van der Waals surface area contributed by atoms with Gasteiger partial charge in [0.05, 0.1) is 0 Å². The lowest BCUT2D eigenvalue weighted by Crippen LogP contribution is -2.46. The first-order valence-electron chi connectivity index (χ1n) is 8.22. The van der Waals surface area contributed by atoms with Crippen molar-refractivity contribution in [2.75, 3.05) is 13.1 Å². The second-order valence-corrected chi connectivity index (χ2v) is 6.20. The van der Waals surface area contributed by atoms with Crippen molar-refractivity contribution < 1.29 is 28.3 Å². The molecule has 26 heavy (non-hydrogen) atoms.